The van der Waals surface area contributed by atoms with Crippen LogP contribution in [0, 0.1) is 5.82 Å². The third kappa shape index (κ3) is 20.3. The van der Waals surface area contributed by atoms with E-state index in [2.05, 4.69) is 38.3 Å². The molecule has 51 heavy (non-hydrogen) atoms. The van der Waals surface area contributed by atoms with E-state index >= 15 is 0 Å². The first-order valence-corrected chi connectivity index (χ1v) is 17.9. The first-order chi connectivity index (χ1) is 24.9. The van der Waals surface area contributed by atoms with E-state index in [1.165, 1.54) is 37.6 Å². The number of hydrogen-bond acceptors (Lipinski definition) is 11. The summed E-state index contributed by atoms with van der Waals surface area (Å²) in [7, 11) is 5.59. The van der Waals surface area contributed by atoms with Crippen molar-refractivity contribution in [3.05, 3.63) is 53.3 Å². The van der Waals surface area contributed by atoms with Crippen LogP contribution in [0.3, 0.4) is 0 Å². The number of rotatable bonds is 18. The van der Waals surface area contributed by atoms with Crippen molar-refractivity contribution in [2.45, 2.75) is 76.4 Å². The van der Waals surface area contributed by atoms with Crippen molar-refractivity contribution in [2.24, 2.45) is 0 Å². The number of piperazine rings is 1. The standard InChI is InChI=1S/C31H47FN4O4.C4H9N.2CH4O.CH2O/c1-23(38)4-7-25(10-13-35-22-37)30-18-24(6-9-31(30)39-3)5-8-28(11-12-33-2)40-29-20-26(32)19-27(21-29)36-16-14-34-15-17-36;1-2-4-5-3-1;3*1-2/h6,9,18-23,25,28,33-34,38H,4-5,7-8,10-17H2,1-3H3,(H,35,37);5H,1-4H2;2*2H,1H3;1H2. The van der Waals surface area contributed by atoms with Crippen LogP contribution in [0.5, 0.6) is 11.5 Å². The highest BCUT2D eigenvalue weighted by Crippen LogP contribution is 2.34. The summed E-state index contributed by atoms with van der Waals surface area (Å²) in [5.41, 5.74) is 3.11. The van der Waals surface area contributed by atoms with E-state index in [4.69, 9.17) is 24.5 Å². The van der Waals surface area contributed by atoms with Gasteiger partial charge in [0.05, 0.1) is 13.2 Å². The average molecular weight is 724 g/mol. The number of aryl methyl sites for hydroxylation is 1. The summed E-state index contributed by atoms with van der Waals surface area (Å²) in [6.07, 6.45) is 7.61. The van der Waals surface area contributed by atoms with Crippen molar-refractivity contribution in [3.63, 3.8) is 0 Å². The normalized spacial score (nSPS) is 15.0. The first kappa shape index (κ1) is 47.7. The van der Waals surface area contributed by atoms with Crippen LogP contribution in [0.15, 0.2) is 36.4 Å². The number of anilines is 1. The molecule has 13 heteroatoms. The lowest BCUT2D eigenvalue weighted by atomic mass is 9.87. The number of methoxy groups -OCH3 is 1. The number of nitrogens with one attached hydrogen (secondary N) is 4. The summed E-state index contributed by atoms with van der Waals surface area (Å²) in [6.45, 7) is 11.1. The maximum atomic E-state index is 14.6. The predicted molar refractivity (Wildman–Crippen MR) is 204 cm³/mol. The van der Waals surface area contributed by atoms with Crippen molar-refractivity contribution in [1.82, 2.24) is 21.3 Å². The van der Waals surface area contributed by atoms with Gasteiger partial charge in [-0.1, -0.05) is 12.1 Å². The SMILES string of the molecule is C1CCNC1.C=O.CNCCC(CCc1ccc(OC)c(C(CCNC=O)CCC(C)O)c1)Oc1cc(F)cc(N2CCNCC2)c1.CO.CO. The van der Waals surface area contributed by atoms with E-state index in [0.29, 0.717) is 18.7 Å². The summed E-state index contributed by atoms with van der Waals surface area (Å²) in [6, 6.07) is 11.3. The molecule has 7 N–H and O–H groups in total. The highest BCUT2D eigenvalue weighted by atomic mass is 19.1. The summed E-state index contributed by atoms with van der Waals surface area (Å²) >= 11 is 0. The molecule has 2 aliphatic heterocycles. The van der Waals surface area contributed by atoms with Gasteiger partial charge in [0.1, 0.15) is 30.2 Å². The van der Waals surface area contributed by atoms with Crippen LogP contribution >= 0.6 is 0 Å². The molecule has 1 amide bonds. The lowest BCUT2D eigenvalue weighted by Gasteiger charge is -2.30. The fourth-order valence-electron chi connectivity index (χ4n) is 5.91. The molecule has 3 atom stereocenters. The highest BCUT2D eigenvalue weighted by Gasteiger charge is 2.20. The molecule has 2 fully saturated rings. The maximum absolute atomic E-state index is 14.6. The third-order valence-corrected chi connectivity index (χ3v) is 8.46. The minimum absolute atomic E-state index is 0.0847. The topological polar surface area (TPSA) is 165 Å². The smallest absolute Gasteiger partial charge is 0.207 e. The number of amides is 1. The number of aliphatic hydroxyl groups is 3. The number of aliphatic hydroxyl groups excluding tert-OH is 3. The number of carbonyl (C=O) groups is 2. The third-order valence-electron chi connectivity index (χ3n) is 8.46. The van der Waals surface area contributed by atoms with E-state index in [1.54, 1.807) is 20.1 Å². The highest BCUT2D eigenvalue weighted by molar-refractivity contribution is 5.51. The van der Waals surface area contributed by atoms with Gasteiger partial charge in [0, 0.05) is 64.8 Å². The molecule has 2 aromatic carbocycles. The quantitative estimate of drug-likeness (QED) is 0.0894. The van der Waals surface area contributed by atoms with Gasteiger partial charge in [-0.3, -0.25) is 4.79 Å². The Morgan fingerprint density at radius 2 is 1.59 bits per heavy atom. The van der Waals surface area contributed by atoms with E-state index in [-0.39, 0.29) is 17.8 Å². The van der Waals surface area contributed by atoms with Crippen LogP contribution in [0.25, 0.3) is 0 Å². The van der Waals surface area contributed by atoms with E-state index < -0.39 is 6.10 Å². The van der Waals surface area contributed by atoms with Crippen molar-refractivity contribution >= 4 is 18.9 Å². The van der Waals surface area contributed by atoms with Crippen LogP contribution < -0.4 is 35.6 Å². The largest absolute Gasteiger partial charge is 0.496 e. The molecule has 12 nitrogen and oxygen atoms in total. The van der Waals surface area contributed by atoms with Gasteiger partial charge < -0.3 is 55.8 Å². The molecule has 292 valence electrons. The Bertz CT molecular complexity index is 1130. The van der Waals surface area contributed by atoms with Crippen LogP contribution in [0.4, 0.5) is 10.1 Å². The van der Waals surface area contributed by atoms with Gasteiger partial charge in [-0.25, -0.2) is 4.39 Å². The zero-order valence-corrected chi connectivity index (χ0v) is 31.6. The molecule has 0 bridgehead atoms. The van der Waals surface area contributed by atoms with E-state index in [1.807, 2.05) is 26.0 Å². The van der Waals surface area contributed by atoms with Crippen molar-refractivity contribution < 1.29 is 38.8 Å². The second-order valence-corrected chi connectivity index (χ2v) is 12.1. The monoisotopic (exact) mass is 723 g/mol. The second kappa shape index (κ2) is 31.4. The number of hydrogen-bond donors (Lipinski definition) is 7. The van der Waals surface area contributed by atoms with Crippen LogP contribution in [-0.2, 0) is 16.0 Å². The molecule has 2 heterocycles. The zero-order valence-electron chi connectivity index (χ0n) is 31.6. The maximum Gasteiger partial charge on any atom is 0.207 e. The van der Waals surface area contributed by atoms with Gasteiger partial charge in [0.25, 0.3) is 0 Å². The summed E-state index contributed by atoms with van der Waals surface area (Å²) in [5, 5.41) is 36.4. The van der Waals surface area contributed by atoms with E-state index in [9.17, 15) is 14.3 Å². The van der Waals surface area contributed by atoms with Gasteiger partial charge in [-0.15, -0.1) is 0 Å². The van der Waals surface area contributed by atoms with Gasteiger partial charge >= 0.3 is 0 Å². The molecule has 2 saturated heterocycles. The number of halogens is 1. The molecule has 0 aliphatic carbocycles. The molecule has 2 aromatic rings. The van der Waals surface area contributed by atoms with E-state index in [0.717, 1.165) is 102 Å². The summed E-state index contributed by atoms with van der Waals surface area (Å²) in [5.74, 6) is 1.23. The van der Waals surface area contributed by atoms with Gasteiger partial charge in [0.15, 0.2) is 0 Å². The lowest BCUT2D eigenvalue weighted by Crippen LogP contribution is -2.43. The zero-order chi connectivity index (χ0) is 38.3. The molecular formula is C38H66FN5O7. The molecular weight excluding hydrogens is 657 g/mol. The fraction of sp³-hybridized carbons (Fsp3) is 0.632. The summed E-state index contributed by atoms with van der Waals surface area (Å²) < 4.78 is 26.6. The Morgan fingerprint density at radius 1 is 0.922 bits per heavy atom. The fourth-order valence-corrected chi connectivity index (χ4v) is 5.91. The Labute approximate surface area is 305 Å². The number of nitrogens with zero attached hydrogens (tertiary/aromatic N) is 1. The van der Waals surface area contributed by atoms with Crippen molar-refractivity contribution in [2.75, 3.05) is 85.6 Å². The van der Waals surface area contributed by atoms with Crippen LogP contribution in [0.2, 0.25) is 0 Å². The number of ether oxygens (including phenoxy) is 2. The van der Waals surface area contributed by atoms with Gasteiger partial charge in [-0.05, 0) is 114 Å². The predicted octanol–water partition coefficient (Wildman–Crippen LogP) is 3.02. The molecule has 0 spiro atoms. The second-order valence-electron chi connectivity index (χ2n) is 12.1. The molecule has 0 aromatic heterocycles. The Hall–Kier alpha value is -3.33. The van der Waals surface area contributed by atoms with Crippen molar-refractivity contribution in [3.8, 4) is 11.5 Å². The molecule has 4 rings (SSSR count). The average Bonchev–Trinajstić information content (AvgIpc) is 3.77. The minimum Gasteiger partial charge on any atom is -0.496 e. The lowest BCUT2D eigenvalue weighted by molar-refractivity contribution is -0.109. The molecule has 2 aliphatic rings. The Morgan fingerprint density at radius 3 is 2.16 bits per heavy atom. The molecule has 0 radical (unpaired) electrons. The molecule has 0 saturated carbocycles. The summed E-state index contributed by atoms with van der Waals surface area (Å²) in [4.78, 5) is 21.0. The number of carbonyl (C=O) groups excluding carboxylic acids is 2. The van der Waals surface area contributed by atoms with Gasteiger partial charge in [0.2, 0.25) is 6.41 Å². The Kier molecular flexibility index (Phi) is 29.4. The van der Waals surface area contributed by atoms with Crippen LogP contribution in [0.1, 0.15) is 68.9 Å². The Balaban J connectivity index is 0.00000199. The van der Waals surface area contributed by atoms with Crippen LogP contribution in [-0.4, -0.2) is 121 Å². The molecule has 3 unspecified atom stereocenters. The first-order valence-electron chi connectivity index (χ1n) is 17.9. The van der Waals surface area contributed by atoms with Gasteiger partial charge in [-0.2, -0.15) is 0 Å². The minimum atomic E-state index is -0.393. The van der Waals surface area contributed by atoms with Crippen molar-refractivity contribution in [1.29, 1.82) is 0 Å². The number of benzene rings is 2.